The number of nitrogens with one attached hydrogen (secondary N) is 1. The van der Waals surface area contributed by atoms with Crippen LogP contribution in [0.2, 0.25) is 0 Å². The van der Waals surface area contributed by atoms with Crippen LogP contribution in [0.3, 0.4) is 0 Å². The minimum Gasteiger partial charge on any atom is -0.466 e. The Morgan fingerprint density at radius 2 is 1.86 bits per heavy atom. The Morgan fingerprint density at radius 1 is 1.19 bits per heavy atom. The van der Waals surface area contributed by atoms with Crippen molar-refractivity contribution in [1.29, 1.82) is 0 Å². The zero-order valence-corrected chi connectivity index (χ0v) is 22.4. The molecule has 3 rings (SSSR count). The van der Waals surface area contributed by atoms with E-state index in [1.807, 2.05) is 13.0 Å². The maximum absolute atomic E-state index is 14.9. The van der Waals surface area contributed by atoms with Crippen molar-refractivity contribution in [3.8, 4) is 0 Å². The lowest BCUT2D eigenvalue weighted by atomic mass is 9.88. The molecule has 2 N–H and O–H groups in total. The van der Waals surface area contributed by atoms with E-state index in [-0.39, 0.29) is 36.8 Å². The third-order valence-electron chi connectivity index (χ3n) is 7.08. The highest BCUT2D eigenvalue weighted by atomic mass is 19.1. The lowest BCUT2D eigenvalue weighted by Gasteiger charge is -2.31. The number of halogens is 1. The Balaban J connectivity index is 1.49. The molecule has 1 aliphatic carbocycles. The summed E-state index contributed by atoms with van der Waals surface area (Å²) in [6.45, 7) is 10.5. The average Bonchev–Trinajstić information content (AvgIpc) is 3.23. The first kappa shape index (κ1) is 28.3. The SMILES string of the molecule is CCOC(=O)CCc1c([C@@H](C)OC[C@H](O)CNC(C)(C)CC2Cc3ccccc3C2)ccc(C)c1F. The molecule has 0 aromatic heterocycles. The fourth-order valence-corrected chi connectivity index (χ4v) is 5.23. The van der Waals surface area contributed by atoms with Gasteiger partial charge < -0.3 is 19.9 Å². The van der Waals surface area contributed by atoms with Crippen molar-refractivity contribution in [3.63, 3.8) is 0 Å². The van der Waals surface area contributed by atoms with Gasteiger partial charge >= 0.3 is 5.97 Å². The minimum absolute atomic E-state index is 0.111. The van der Waals surface area contributed by atoms with Crippen LogP contribution in [0.25, 0.3) is 0 Å². The highest BCUT2D eigenvalue weighted by molar-refractivity contribution is 5.69. The summed E-state index contributed by atoms with van der Waals surface area (Å²) < 4.78 is 25.8. The first-order valence-electron chi connectivity index (χ1n) is 13.1. The number of benzene rings is 2. The molecule has 2 atom stereocenters. The van der Waals surface area contributed by atoms with Gasteiger partial charge in [0.05, 0.1) is 25.4 Å². The second kappa shape index (κ2) is 12.8. The summed E-state index contributed by atoms with van der Waals surface area (Å²) in [5.74, 6) is -0.0587. The number of hydrogen-bond donors (Lipinski definition) is 2. The predicted octanol–water partition coefficient (Wildman–Crippen LogP) is 5.24. The summed E-state index contributed by atoms with van der Waals surface area (Å²) in [5.41, 5.74) is 4.50. The molecule has 5 nitrogen and oxygen atoms in total. The summed E-state index contributed by atoms with van der Waals surface area (Å²) in [7, 11) is 0. The van der Waals surface area contributed by atoms with Crippen molar-refractivity contribution in [2.75, 3.05) is 19.8 Å². The molecule has 198 valence electrons. The van der Waals surface area contributed by atoms with Gasteiger partial charge in [-0.1, -0.05) is 36.4 Å². The van der Waals surface area contributed by atoms with Gasteiger partial charge in [0.25, 0.3) is 0 Å². The summed E-state index contributed by atoms with van der Waals surface area (Å²) >= 11 is 0. The van der Waals surface area contributed by atoms with E-state index in [0.717, 1.165) is 19.3 Å². The fourth-order valence-electron chi connectivity index (χ4n) is 5.23. The second-order valence-electron chi connectivity index (χ2n) is 10.7. The lowest BCUT2D eigenvalue weighted by Crippen LogP contribution is -2.45. The molecule has 36 heavy (non-hydrogen) atoms. The van der Waals surface area contributed by atoms with Crippen LogP contribution in [0, 0.1) is 18.7 Å². The summed E-state index contributed by atoms with van der Waals surface area (Å²) in [5, 5.41) is 14.1. The highest BCUT2D eigenvalue weighted by Crippen LogP contribution is 2.32. The monoisotopic (exact) mass is 499 g/mol. The number of aliphatic hydroxyl groups excluding tert-OH is 1. The standard InChI is InChI=1S/C30H42FNO4/c1-6-35-28(34)14-13-27-26(12-11-20(2)29(27)31)21(3)36-19-25(33)18-32-30(4,5)17-22-15-23-9-7-8-10-24(23)16-22/h7-12,21-22,25,32-33H,6,13-19H2,1-5H3/t21-,25-/m1/s1. The van der Waals surface area contributed by atoms with Gasteiger partial charge in [0.1, 0.15) is 5.82 Å². The Hall–Kier alpha value is -2.28. The molecule has 0 fully saturated rings. The van der Waals surface area contributed by atoms with Crippen LogP contribution in [-0.4, -0.2) is 42.5 Å². The van der Waals surface area contributed by atoms with Crippen molar-refractivity contribution < 1.29 is 23.8 Å². The zero-order valence-electron chi connectivity index (χ0n) is 22.4. The normalized spacial score (nSPS) is 15.5. The third kappa shape index (κ3) is 7.86. The quantitative estimate of drug-likeness (QED) is 0.369. The van der Waals surface area contributed by atoms with Gasteiger partial charge in [-0.2, -0.15) is 0 Å². The number of carbonyl (C=O) groups is 1. The molecule has 0 bridgehead atoms. The van der Waals surface area contributed by atoms with Gasteiger partial charge in [-0.3, -0.25) is 4.79 Å². The molecule has 0 saturated carbocycles. The van der Waals surface area contributed by atoms with Gasteiger partial charge in [0, 0.05) is 18.5 Å². The second-order valence-corrected chi connectivity index (χ2v) is 10.7. The van der Waals surface area contributed by atoms with Gasteiger partial charge in [-0.25, -0.2) is 4.39 Å². The zero-order chi connectivity index (χ0) is 26.3. The molecule has 2 aromatic carbocycles. The van der Waals surface area contributed by atoms with E-state index in [9.17, 15) is 14.3 Å². The molecular weight excluding hydrogens is 457 g/mol. The minimum atomic E-state index is -0.689. The number of fused-ring (bicyclic) bond motifs is 1. The van der Waals surface area contributed by atoms with Crippen LogP contribution in [-0.2, 0) is 33.5 Å². The fraction of sp³-hybridized carbons (Fsp3) is 0.567. The van der Waals surface area contributed by atoms with E-state index in [2.05, 4.69) is 43.4 Å². The third-order valence-corrected chi connectivity index (χ3v) is 7.08. The molecule has 0 amide bonds. The Bertz CT molecular complexity index is 997. The molecule has 0 spiro atoms. The maximum atomic E-state index is 14.9. The number of aliphatic hydroxyl groups is 1. The number of β-amino-alcohol motifs (C(OH)–C–C–N with tert-alkyl or cyclic N) is 1. The highest BCUT2D eigenvalue weighted by Gasteiger charge is 2.28. The molecule has 2 aromatic rings. The number of aryl methyl sites for hydroxylation is 1. The first-order chi connectivity index (χ1) is 17.1. The van der Waals surface area contributed by atoms with Crippen LogP contribution < -0.4 is 5.32 Å². The number of hydrogen-bond acceptors (Lipinski definition) is 5. The number of esters is 1. The summed E-state index contributed by atoms with van der Waals surface area (Å²) in [6.07, 6.45) is 2.49. The van der Waals surface area contributed by atoms with E-state index in [1.54, 1.807) is 19.9 Å². The van der Waals surface area contributed by atoms with Crippen molar-refractivity contribution >= 4 is 5.97 Å². The van der Waals surface area contributed by atoms with Gasteiger partial charge in [0.15, 0.2) is 0 Å². The Kier molecular flexibility index (Phi) is 10.1. The molecule has 1 aliphatic rings. The first-order valence-corrected chi connectivity index (χ1v) is 13.1. The van der Waals surface area contributed by atoms with Crippen LogP contribution in [0.1, 0.15) is 74.5 Å². The number of rotatable bonds is 13. The van der Waals surface area contributed by atoms with Gasteiger partial charge in [-0.15, -0.1) is 0 Å². The smallest absolute Gasteiger partial charge is 0.306 e. The summed E-state index contributed by atoms with van der Waals surface area (Å²) in [4.78, 5) is 11.8. The van der Waals surface area contributed by atoms with E-state index >= 15 is 0 Å². The largest absolute Gasteiger partial charge is 0.466 e. The average molecular weight is 500 g/mol. The predicted molar refractivity (Wildman–Crippen MR) is 141 cm³/mol. The van der Waals surface area contributed by atoms with E-state index in [0.29, 0.717) is 35.8 Å². The molecule has 0 heterocycles. The van der Waals surface area contributed by atoms with Crippen molar-refractivity contribution in [1.82, 2.24) is 5.32 Å². The maximum Gasteiger partial charge on any atom is 0.306 e. The number of carbonyl (C=O) groups excluding carboxylic acids is 1. The van der Waals surface area contributed by atoms with Crippen molar-refractivity contribution in [3.05, 3.63) is 70.0 Å². The Morgan fingerprint density at radius 3 is 2.50 bits per heavy atom. The molecule has 0 aliphatic heterocycles. The van der Waals surface area contributed by atoms with Crippen LogP contribution >= 0.6 is 0 Å². The molecule has 0 unspecified atom stereocenters. The summed E-state index contributed by atoms with van der Waals surface area (Å²) in [6, 6.07) is 12.2. The lowest BCUT2D eigenvalue weighted by molar-refractivity contribution is -0.143. The topological polar surface area (TPSA) is 67.8 Å². The van der Waals surface area contributed by atoms with Crippen LogP contribution in [0.4, 0.5) is 4.39 Å². The number of ether oxygens (including phenoxy) is 2. The van der Waals surface area contributed by atoms with Crippen LogP contribution in [0.5, 0.6) is 0 Å². The van der Waals surface area contributed by atoms with Gasteiger partial charge in [0.2, 0.25) is 0 Å². The van der Waals surface area contributed by atoms with Crippen molar-refractivity contribution in [2.24, 2.45) is 5.92 Å². The van der Waals surface area contributed by atoms with E-state index < -0.39 is 12.2 Å². The molecule has 6 heteroatoms. The molecule has 0 radical (unpaired) electrons. The molecular formula is C30H42FNO4. The Labute approximate surface area is 215 Å². The van der Waals surface area contributed by atoms with Crippen LogP contribution in [0.15, 0.2) is 36.4 Å². The van der Waals surface area contributed by atoms with E-state index in [4.69, 9.17) is 9.47 Å². The molecule has 0 saturated heterocycles. The van der Waals surface area contributed by atoms with Crippen molar-refractivity contribution in [2.45, 2.75) is 84.5 Å². The van der Waals surface area contributed by atoms with E-state index in [1.165, 1.54) is 11.1 Å². The van der Waals surface area contributed by atoms with Gasteiger partial charge in [-0.05, 0) is 94.0 Å².